The van der Waals surface area contributed by atoms with Crippen LogP contribution >= 0.6 is 11.6 Å². The third-order valence-corrected chi connectivity index (χ3v) is 4.10. The Hall–Kier alpha value is -2.61. The average Bonchev–Trinajstić information content (AvgIpc) is 2.57. The first kappa shape index (κ1) is 22.4. The summed E-state index contributed by atoms with van der Waals surface area (Å²) >= 11 is 6.11. The Balaban J connectivity index is 2.65. The summed E-state index contributed by atoms with van der Waals surface area (Å²) in [5.41, 5.74) is 11.6. The predicted octanol–water partition coefficient (Wildman–Crippen LogP) is 1.25. The van der Waals surface area contributed by atoms with Crippen molar-refractivity contribution in [3.05, 3.63) is 28.8 Å². The lowest BCUT2D eigenvalue weighted by molar-refractivity contribution is -0.122. The number of halogens is 1. The van der Waals surface area contributed by atoms with Crippen molar-refractivity contribution in [1.82, 2.24) is 5.32 Å². The molecule has 8 nitrogen and oxygen atoms in total. The number of primary amides is 2. The zero-order valence-corrected chi connectivity index (χ0v) is 15.8. The summed E-state index contributed by atoms with van der Waals surface area (Å²) in [6.07, 6.45) is 4.04. The Labute approximate surface area is 163 Å². The summed E-state index contributed by atoms with van der Waals surface area (Å²) in [6.45, 7) is 0. The Kier molecular flexibility index (Phi) is 9.89. The molecule has 1 aromatic carbocycles. The fourth-order valence-corrected chi connectivity index (χ4v) is 2.82. The van der Waals surface area contributed by atoms with Gasteiger partial charge in [0.1, 0.15) is 6.04 Å². The molecule has 148 valence electrons. The first-order valence-electron chi connectivity index (χ1n) is 8.68. The van der Waals surface area contributed by atoms with E-state index in [-0.39, 0.29) is 18.7 Å². The Morgan fingerprint density at radius 1 is 1.04 bits per heavy atom. The van der Waals surface area contributed by atoms with Crippen LogP contribution < -0.4 is 22.1 Å². The highest BCUT2D eigenvalue weighted by Crippen LogP contribution is 2.21. The van der Waals surface area contributed by atoms with E-state index in [1.54, 1.807) is 18.2 Å². The van der Waals surface area contributed by atoms with Gasteiger partial charge in [-0.05, 0) is 49.4 Å². The summed E-state index contributed by atoms with van der Waals surface area (Å²) in [4.78, 5) is 44.6. The molecule has 0 bridgehead atoms. The van der Waals surface area contributed by atoms with E-state index in [9.17, 15) is 19.2 Å². The molecule has 4 amide bonds. The number of rotatable bonds is 13. The van der Waals surface area contributed by atoms with Gasteiger partial charge in [0.15, 0.2) is 0 Å². The topological polar surface area (TPSA) is 144 Å². The molecule has 0 spiro atoms. The second-order valence-electron chi connectivity index (χ2n) is 6.21. The molecule has 1 atom stereocenters. The summed E-state index contributed by atoms with van der Waals surface area (Å²) in [5.74, 6) is -1.32. The van der Waals surface area contributed by atoms with Gasteiger partial charge in [-0.15, -0.1) is 0 Å². The van der Waals surface area contributed by atoms with Crippen molar-refractivity contribution in [2.24, 2.45) is 11.5 Å². The lowest BCUT2D eigenvalue weighted by Crippen LogP contribution is -2.40. The normalized spacial score (nSPS) is 11.4. The van der Waals surface area contributed by atoms with Gasteiger partial charge in [0.05, 0.1) is 0 Å². The molecule has 1 rings (SSSR count). The Bertz CT molecular complexity index is 681. The maximum atomic E-state index is 12.3. The smallest absolute Gasteiger partial charge is 0.246 e. The van der Waals surface area contributed by atoms with Gasteiger partial charge in [0.2, 0.25) is 24.1 Å². The lowest BCUT2D eigenvalue weighted by Gasteiger charge is -2.16. The van der Waals surface area contributed by atoms with Crippen molar-refractivity contribution in [3.63, 3.8) is 0 Å². The molecule has 0 heterocycles. The van der Waals surface area contributed by atoms with Gasteiger partial charge in [-0.3, -0.25) is 19.2 Å². The minimum absolute atomic E-state index is 0.0228. The lowest BCUT2D eigenvalue weighted by atomic mass is 10.0. The van der Waals surface area contributed by atoms with E-state index >= 15 is 0 Å². The summed E-state index contributed by atoms with van der Waals surface area (Å²) in [5, 5.41) is 5.53. The Morgan fingerprint density at radius 2 is 1.74 bits per heavy atom. The van der Waals surface area contributed by atoms with Gasteiger partial charge in [-0.1, -0.05) is 18.0 Å². The van der Waals surface area contributed by atoms with Crippen LogP contribution in [0.5, 0.6) is 0 Å². The highest BCUT2D eigenvalue weighted by molar-refractivity contribution is 6.31. The molecule has 9 heteroatoms. The minimum atomic E-state index is -0.869. The third-order valence-electron chi connectivity index (χ3n) is 3.88. The van der Waals surface area contributed by atoms with Crippen LogP contribution in [0.15, 0.2) is 18.2 Å². The van der Waals surface area contributed by atoms with Crippen molar-refractivity contribution in [2.45, 2.75) is 51.0 Å². The standard InChI is InChI=1S/C18H25ClN4O4/c19-13-8-12(4-2-1-3-5-16(20)25)9-14(10-13)23-18(27)15(22-11-24)6-7-17(21)26/h8-11,15H,1-7H2,(H2,20,25)(H2,21,26)(H,22,24)(H,23,27)/t15-/m0/s1. The molecule has 0 saturated carbocycles. The molecule has 0 fully saturated rings. The number of nitrogens with one attached hydrogen (secondary N) is 2. The Morgan fingerprint density at radius 3 is 2.37 bits per heavy atom. The second kappa shape index (κ2) is 11.9. The van der Waals surface area contributed by atoms with E-state index in [4.69, 9.17) is 23.1 Å². The van der Waals surface area contributed by atoms with Crippen LogP contribution in [0.4, 0.5) is 5.69 Å². The van der Waals surface area contributed by atoms with Gasteiger partial charge in [-0.25, -0.2) is 0 Å². The number of carbonyl (C=O) groups is 4. The summed E-state index contributed by atoms with van der Waals surface area (Å²) in [7, 11) is 0. The monoisotopic (exact) mass is 396 g/mol. The number of hydrogen-bond acceptors (Lipinski definition) is 4. The van der Waals surface area contributed by atoms with Gasteiger partial charge < -0.3 is 22.1 Å². The zero-order valence-electron chi connectivity index (χ0n) is 15.0. The maximum Gasteiger partial charge on any atom is 0.246 e. The van der Waals surface area contributed by atoms with E-state index in [0.717, 1.165) is 31.2 Å². The molecule has 27 heavy (non-hydrogen) atoms. The molecule has 6 N–H and O–H groups in total. The van der Waals surface area contributed by atoms with Gasteiger partial charge in [0, 0.05) is 23.6 Å². The van der Waals surface area contributed by atoms with E-state index in [2.05, 4.69) is 10.6 Å². The molecule has 0 radical (unpaired) electrons. The largest absolute Gasteiger partial charge is 0.370 e. The van der Waals surface area contributed by atoms with E-state index in [0.29, 0.717) is 23.5 Å². The SMILES string of the molecule is NC(=O)CCCCCc1cc(Cl)cc(NC(=O)[C@H](CCC(N)=O)NC=O)c1. The van der Waals surface area contributed by atoms with Crippen molar-refractivity contribution in [3.8, 4) is 0 Å². The van der Waals surface area contributed by atoms with E-state index in [1.807, 2.05) is 0 Å². The summed E-state index contributed by atoms with van der Waals surface area (Å²) < 4.78 is 0. The molecule has 0 aliphatic carbocycles. The fourth-order valence-electron chi connectivity index (χ4n) is 2.56. The van der Waals surface area contributed by atoms with Gasteiger partial charge in [-0.2, -0.15) is 0 Å². The van der Waals surface area contributed by atoms with Gasteiger partial charge in [0.25, 0.3) is 0 Å². The number of hydrogen-bond donors (Lipinski definition) is 4. The molecule has 0 aromatic heterocycles. The van der Waals surface area contributed by atoms with Crippen LogP contribution in [0.2, 0.25) is 5.02 Å². The first-order valence-corrected chi connectivity index (χ1v) is 9.06. The van der Waals surface area contributed by atoms with E-state index < -0.39 is 17.9 Å². The number of anilines is 1. The fraction of sp³-hybridized carbons (Fsp3) is 0.444. The number of unbranched alkanes of at least 4 members (excludes halogenated alkanes) is 2. The number of amides is 4. The van der Waals surface area contributed by atoms with E-state index in [1.165, 1.54) is 0 Å². The molecule has 0 aliphatic rings. The zero-order chi connectivity index (χ0) is 20.2. The number of aryl methyl sites for hydroxylation is 1. The highest BCUT2D eigenvalue weighted by atomic mass is 35.5. The molecular weight excluding hydrogens is 372 g/mol. The molecule has 0 saturated heterocycles. The molecule has 1 aromatic rings. The second-order valence-corrected chi connectivity index (χ2v) is 6.64. The van der Waals surface area contributed by atoms with Crippen molar-refractivity contribution in [2.75, 3.05) is 5.32 Å². The quantitative estimate of drug-likeness (QED) is 0.293. The van der Waals surface area contributed by atoms with Crippen molar-refractivity contribution >= 4 is 41.4 Å². The van der Waals surface area contributed by atoms with Crippen LogP contribution in [0.3, 0.4) is 0 Å². The van der Waals surface area contributed by atoms with Crippen LogP contribution in [0, 0.1) is 0 Å². The van der Waals surface area contributed by atoms with Crippen molar-refractivity contribution < 1.29 is 19.2 Å². The number of nitrogens with two attached hydrogens (primary N) is 2. The average molecular weight is 397 g/mol. The first-order chi connectivity index (χ1) is 12.8. The number of carbonyl (C=O) groups excluding carboxylic acids is 4. The predicted molar refractivity (Wildman–Crippen MR) is 103 cm³/mol. The maximum absolute atomic E-state index is 12.3. The molecular formula is C18H25ClN4O4. The third kappa shape index (κ3) is 9.60. The van der Waals surface area contributed by atoms with Gasteiger partial charge >= 0.3 is 0 Å². The van der Waals surface area contributed by atoms with Crippen molar-refractivity contribution in [1.29, 1.82) is 0 Å². The minimum Gasteiger partial charge on any atom is -0.370 e. The number of benzene rings is 1. The molecule has 0 aliphatic heterocycles. The van der Waals surface area contributed by atoms with Crippen LogP contribution in [0.1, 0.15) is 44.1 Å². The van der Waals surface area contributed by atoms with Crippen LogP contribution in [-0.4, -0.2) is 30.2 Å². The molecule has 0 unspecified atom stereocenters. The van der Waals surface area contributed by atoms with Crippen LogP contribution in [-0.2, 0) is 25.6 Å². The van der Waals surface area contributed by atoms with Crippen LogP contribution in [0.25, 0.3) is 0 Å². The highest BCUT2D eigenvalue weighted by Gasteiger charge is 2.18. The summed E-state index contributed by atoms with van der Waals surface area (Å²) in [6, 6.07) is 4.33.